The lowest BCUT2D eigenvalue weighted by Crippen LogP contribution is -2.48. The minimum absolute atomic E-state index is 0.00153. The molecule has 2 heterocycles. The van der Waals surface area contributed by atoms with Crippen molar-refractivity contribution in [2.75, 3.05) is 0 Å². The van der Waals surface area contributed by atoms with Crippen LogP contribution in [0, 0.1) is 10.1 Å². The van der Waals surface area contributed by atoms with E-state index < -0.39 is 10.6 Å². The summed E-state index contributed by atoms with van der Waals surface area (Å²) in [5, 5.41) is 18.0. The van der Waals surface area contributed by atoms with Crippen LogP contribution in [0.5, 0.6) is 5.75 Å². The number of halogens is 1. The Balaban J connectivity index is 1.64. The van der Waals surface area contributed by atoms with Crippen LogP contribution in [0.2, 0.25) is 0 Å². The third-order valence-electron chi connectivity index (χ3n) is 5.71. The Morgan fingerprint density at radius 2 is 1.87 bits per heavy atom. The number of fused-ring (bicyclic) bond motifs is 3. The van der Waals surface area contributed by atoms with Gasteiger partial charge in [0.1, 0.15) is 5.75 Å². The average Bonchev–Trinajstić information content (AvgIpc) is 3.22. The summed E-state index contributed by atoms with van der Waals surface area (Å²) in [6, 6.07) is 22.6. The Morgan fingerprint density at radius 1 is 1.13 bits per heavy atom. The van der Waals surface area contributed by atoms with Crippen LogP contribution in [-0.4, -0.2) is 15.6 Å². The van der Waals surface area contributed by atoms with Crippen molar-refractivity contribution in [3.05, 3.63) is 104 Å². The predicted octanol–water partition coefficient (Wildman–Crippen LogP) is 5.77. The summed E-state index contributed by atoms with van der Waals surface area (Å²) in [5.41, 5.74) is 3.11. The van der Waals surface area contributed by atoms with Gasteiger partial charge in [0, 0.05) is 41.1 Å². The largest absolute Gasteiger partial charge is 0.462 e. The Hall–Kier alpha value is -3.19. The first kappa shape index (κ1) is 18.8. The summed E-state index contributed by atoms with van der Waals surface area (Å²) in [7, 11) is 0. The predicted molar refractivity (Wildman–Crippen MR) is 117 cm³/mol. The molecule has 0 aliphatic carbocycles. The minimum Gasteiger partial charge on any atom is -0.462 e. The summed E-state index contributed by atoms with van der Waals surface area (Å²) >= 11 is 3.57. The third-order valence-corrected chi connectivity index (χ3v) is 6.20. The van der Waals surface area contributed by atoms with E-state index in [1.54, 1.807) is 12.1 Å². The quantitative estimate of drug-likeness (QED) is 0.365. The van der Waals surface area contributed by atoms with Crippen LogP contribution in [0.15, 0.2) is 82.4 Å². The standard InChI is InChI=1S/C23H18BrN3O3/c1-23(16-7-10-18(11-8-16)27(28)29)26-21(19-13-17(24)9-12-22(19)30-23)14-20(25-26)15-5-3-2-4-6-15/h2-13,21H,14H2,1H3. The molecule has 5 rings (SSSR count). The van der Waals surface area contributed by atoms with Gasteiger partial charge in [-0.15, -0.1) is 0 Å². The number of hydrazone groups is 1. The van der Waals surface area contributed by atoms with Gasteiger partial charge in [-0.05, 0) is 35.9 Å². The summed E-state index contributed by atoms with van der Waals surface area (Å²) in [6.07, 6.45) is 0.749. The zero-order chi connectivity index (χ0) is 20.9. The lowest BCUT2D eigenvalue weighted by molar-refractivity contribution is -0.384. The minimum atomic E-state index is -0.892. The normalized spacial score (nSPS) is 22.0. The number of non-ortho nitro benzene ring substituents is 1. The molecule has 0 fully saturated rings. The van der Waals surface area contributed by atoms with Crippen molar-refractivity contribution in [1.29, 1.82) is 0 Å². The fraction of sp³-hybridized carbons (Fsp3) is 0.174. The molecule has 0 spiro atoms. The molecule has 0 bridgehead atoms. The molecule has 3 aromatic carbocycles. The van der Waals surface area contributed by atoms with Crippen molar-refractivity contribution in [3.8, 4) is 5.75 Å². The number of hydrogen-bond donors (Lipinski definition) is 0. The van der Waals surface area contributed by atoms with Crippen LogP contribution in [0.3, 0.4) is 0 Å². The molecule has 0 saturated carbocycles. The molecule has 7 heteroatoms. The molecule has 30 heavy (non-hydrogen) atoms. The number of rotatable bonds is 3. The number of nitrogens with zero attached hydrogens (tertiary/aromatic N) is 3. The maximum Gasteiger partial charge on any atom is 0.269 e. The van der Waals surface area contributed by atoms with Gasteiger partial charge in [0.05, 0.1) is 16.7 Å². The second-order valence-electron chi connectivity index (χ2n) is 7.55. The van der Waals surface area contributed by atoms with Gasteiger partial charge >= 0.3 is 0 Å². The highest BCUT2D eigenvalue weighted by Crippen LogP contribution is 2.50. The number of ether oxygens (including phenoxy) is 1. The molecule has 2 atom stereocenters. The Bertz CT molecular complexity index is 1160. The second kappa shape index (κ2) is 6.95. The molecule has 0 aromatic heterocycles. The number of nitro benzene ring substituents is 1. The fourth-order valence-electron chi connectivity index (χ4n) is 4.17. The van der Waals surface area contributed by atoms with E-state index in [1.165, 1.54) is 12.1 Å². The van der Waals surface area contributed by atoms with E-state index in [4.69, 9.17) is 9.84 Å². The SMILES string of the molecule is CC1(c2ccc([N+](=O)[O-])cc2)Oc2ccc(Br)cc2C2CC(c3ccccc3)=NN21. The molecule has 0 radical (unpaired) electrons. The Morgan fingerprint density at radius 3 is 2.57 bits per heavy atom. The molecule has 0 N–H and O–H groups in total. The van der Waals surface area contributed by atoms with Crippen LogP contribution in [0.25, 0.3) is 0 Å². The van der Waals surface area contributed by atoms with Crippen molar-refractivity contribution in [1.82, 2.24) is 5.01 Å². The first-order valence-corrected chi connectivity index (χ1v) is 10.4. The van der Waals surface area contributed by atoms with Gasteiger partial charge in [-0.1, -0.05) is 46.3 Å². The van der Waals surface area contributed by atoms with Gasteiger partial charge in [-0.3, -0.25) is 10.1 Å². The lowest BCUT2D eigenvalue weighted by Gasteiger charge is -2.46. The van der Waals surface area contributed by atoms with E-state index in [0.29, 0.717) is 0 Å². The molecule has 0 amide bonds. The van der Waals surface area contributed by atoms with E-state index in [-0.39, 0.29) is 11.7 Å². The van der Waals surface area contributed by atoms with Gasteiger partial charge in [0.15, 0.2) is 0 Å². The van der Waals surface area contributed by atoms with E-state index in [0.717, 1.165) is 39.0 Å². The van der Waals surface area contributed by atoms with Crippen LogP contribution < -0.4 is 4.74 Å². The topological polar surface area (TPSA) is 68.0 Å². The van der Waals surface area contributed by atoms with Crippen molar-refractivity contribution in [2.24, 2.45) is 5.10 Å². The number of hydrogen-bond acceptors (Lipinski definition) is 5. The molecule has 2 aliphatic heterocycles. The molecule has 150 valence electrons. The average molecular weight is 464 g/mol. The summed E-state index contributed by atoms with van der Waals surface area (Å²) in [6.45, 7) is 1.96. The van der Waals surface area contributed by atoms with E-state index >= 15 is 0 Å². The van der Waals surface area contributed by atoms with Gasteiger partial charge in [0.2, 0.25) is 5.72 Å². The van der Waals surface area contributed by atoms with Gasteiger partial charge in [-0.2, -0.15) is 5.10 Å². The molecular weight excluding hydrogens is 446 g/mol. The van der Waals surface area contributed by atoms with Crippen molar-refractivity contribution in [2.45, 2.75) is 25.1 Å². The van der Waals surface area contributed by atoms with E-state index in [9.17, 15) is 10.1 Å². The van der Waals surface area contributed by atoms with Crippen molar-refractivity contribution < 1.29 is 9.66 Å². The zero-order valence-corrected chi connectivity index (χ0v) is 17.7. The van der Waals surface area contributed by atoms with Crippen LogP contribution >= 0.6 is 15.9 Å². The first-order valence-electron chi connectivity index (χ1n) is 9.61. The van der Waals surface area contributed by atoms with E-state index in [1.807, 2.05) is 42.3 Å². The third kappa shape index (κ3) is 2.97. The monoisotopic (exact) mass is 463 g/mol. The maximum atomic E-state index is 11.1. The number of nitro groups is 1. The molecule has 2 unspecified atom stereocenters. The van der Waals surface area contributed by atoms with Crippen molar-refractivity contribution in [3.63, 3.8) is 0 Å². The van der Waals surface area contributed by atoms with Crippen LogP contribution in [0.1, 0.15) is 36.1 Å². The molecule has 2 aliphatic rings. The second-order valence-corrected chi connectivity index (χ2v) is 8.46. The molecule has 3 aromatic rings. The molecule has 0 saturated heterocycles. The highest BCUT2D eigenvalue weighted by molar-refractivity contribution is 9.10. The van der Waals surface area contributed by atoms with Gasteiger partial charge in [-0.25, -0.2) is 5.01 Å². The van der Waals surface area contributed by atoms with Crippen LogP contribution in [-0.2, 0) is 5.72 Å². The number of benzene rings is 3. The highest BCUT2D eigenvalue weighted by atomic mass is 79.9. The zero-order valence-electron chi connectivity index (χ0n) is 16.2. The maximum absolute atomic E-state index is 11.1. The highest BCUT2D eigenvalue weighted by Gasteiger charge is 2.48. The van der Waals surface area contributed by atoms with E-state index in [2.05, 4.69) is 34.1 Å². The van der Waals surface area contributed by atoms with Gasteiger partial charge < -0.3 is 4.74 Å². The summed E-state index contributed by atoms with van der Waals surface area (Å²) < 4.78 is 7.47. The van der Waals surface area contributed by atoms with Crippen LogP contribution in [0.4, 0.5) is 5.69 Å². The Labute approximate surface area is 182 Å². The Kier molecular flexibility index (Phi) is 4.36. The molecular formula is C23H18BrN3O3. The smallest absolute Gasteiger partial charge is 0.269 e. The van der Waals surface area contributed by atoms with Crippen molar-refractivity contribution >= 4 is 27.3 Å². The summed E-state index contributed by atoms with van der Waals surface area (Å²) in [4.78, 5) is 10.7. The van der Waals surface area contributed by atoms with Gasteiger partial charge in [0.25, 0.3) is 5.69 Å². The molecule has 6 nitrogen and oxygen atoms in total. The first-order chi connectivity index (χ1) is 14.5. The fourth-order valence-corrected chi connectivity index (χ4v) is 4.55. The lowest BCUT2D eigenvalue weighted by atomic mass is 9.92. The summed E-state index contributed by atoms with van der Waals surface area (Å²) in [5.74, 6) is 0.796.